The normalized spacial score (nSPS) is 16.7. The molecule has 0 spiro atoms. The summed E-state index contributed by atoms with van der Waals surface area (Å²) < 4.78 is 25.3. The van der Waals surface area contributed by atoms with Gasteiger partial charge in [-0.25, -0.2) is 12.7 Å². The molecule has 0 saturated carbocycles. The Morgan fingerprint density at radius 1 is 1.11 bits per heavy atom. The highest BCUT2D eigenvalue weighted by atomic mass is 35.5. The van der Waals surface area contributed by atoms with E-state index in [1.54, 1.807) is 10.5 Å². The van der Waals surface area contributed by atoms with Gasteiger partial charge in [-0.05, 0) is 79.1 Å². The lowest BCUT2D eigenvalue weighted by Gasteiger charge is -2.30. The van der Waals surface area contributed by atoms with Crippen LogP contribution < -0.4 is 0 Å². The molecule has 190 valence electrons. The van der Waals surface area contributed by atoms with E-state index in [-0.39, 0.29) is 5.92 Å². The number of pyridine rings is 1. The van der Waals surface area contributed by atoms with Crippen molar-refractivity contribution in [1.82, 2.24) is 9.29 Å². The first-order valence-corrected chi connectivity index (χ1v) is 14.3. The molecular formula is C28H32ClN3O3S. The monoisotopic (exact) mass is 525 g/mol. The predicted octanol–water partition coefficient (Wildman–Crippen LogP) is 5.89. The maximum absolute atomic E-state index is 11.9. The van der Waals surface area contributed by atoms with E-state index < -0.39 is 10.0 Å². The molecule has 1 atom stereocenters. The van der Waals surface area contributed by atoms with Gasteiger partial charge in [-0.2, -0.15) is 0 Å². The number of benzene rings is 2. The van der Waals surface area contributed by atoms with Crippen LogP contribution in [0.15, 0.2) is 65.9 Å². The standard InChI is InChI=1S/C28H32ClN3O3S/c1-19-16-25(29)8-9-26(19)27(18-28(31-33)24-10-13-30-20(2)17-24)23-6-4-21(5-7-23)22-11-14-32(15-12-22)36(3,34)35/h4-10,13,16-17,22,27,33H,11-12,14-15,18H2,1-3H3. The average Bonchev–Trinajstić information content (AvgIpc) is 2.85. The van der Waals surface area contributed by atoms with Crippen molar-refractivity contribution in [2.45, 2.75) is 44.9 Å². The lowest BCUT2D eigenvalue weighted by molar-refractivity contribution is 0.317. The number of oxime groups is 1. The summed E-state index contributed by atoms with van der Waals surface area (Å²) in [5, 5.41) is 14.3. The van der Waals surface area contributed by atoms with E-state index in [0.717, 1.165) is 40.8 Å². The Morgan fingerprint density at radius 3 is 2.39 bits per heavy atom. The van der Waals surface area contributed by atoms with E-state index in [9.17, 15) is 13.6 Å². The Balaban J connectivity index is 1.62. The van der Waals surface area contributed by atoms with Gasteiger partial charge < -0.3 is 5.21 Å². The Morgan fingerprint density at radius 2 is 1.81 bits per heavy atom. The Labute approximate surface area is 218 Å². The molecule has 0 radical (unpaired) electrons. The van der Waals surface area contributed by atoms with Gasteiger partial charge in [0, 0.05) is 47.9 Å². The summed E-state index contributed by atoms with van der Waals surface area (Å²) in [7, 11) is -3.14. The van der Waals surface area contributed by atoms with Gasteiger partial charge in [0.25, 0.3) is 0 Å². The number of hydrogen-bond donors (Lipinski definition) is 1. The van der Waals surface area contributed by atoms with Crippen LogP contribution in [-0.4, -0.2) is 48.0 Å². The summed E-state index contributed by atoms with van der Waals surface area (Å²) in [5.74, 6) is 0.296. The van der Waals surface area contributed by atoms with Crippen molar-refractivity contribution in [3.63, 3.8) is 0 Å². The zero-order chi connectivity index (χ0) is 25.9. The van der Waals surface area contributed by atoms with Crippen molar-refractivity contribution in [2.24, 2.45) is 5.16 Å². The molecule has 1 saturated heterocycles. The molecule has 1 aliphatic heterocycles. The quantitative estimate of drug-likeness (QED) is 0.237. The SMILES string of the molecule is Cc1cc(C(CC(c2ccc(C3CCN(S(C)(=O)=O)CC3)cc2)c2ccc(Cl)cc2C)=NO)ccn1. The van der Waals surface area contributed by atoms with Gasteiger partial charge in [-0.15, -0.1) is 0 Å². The van der Waals surface area contributed by atoms with Crippen LogP contribution in [0.2, 0.25) is 5.02 Å². The van der Waals surface area contributed by atoms with Gasteiger partial charge in [0.2, 0.25) is 10.0 Å². The minimum Gasteiger partial charge on any atom is -0.411 e. The molecule has 4 rings (SSSR count). The van der Waals surface area contributed by atoms with Gasteiger partial charge in [0.05, 0.1) is 12.0 Å². The van der Waals surface area contributed by atoms with E-state index in [0.29, 0.717) is 36.2 Å². The van der Waals surface area contributed by atoms with E-state index in [2.05, 4.69) is 34.4 Å². The molecule has 0 amide bonds. The highest BCUT2D eigenvalue weighted by Gasteiger charge is 2.26. The van der Waals surface area contributed by atoms with Crippen LogP contribution in [0.3, 0.4) is 0 Å². The number of piperidine rings is 1. The van der Waals surface area contributed by atoms with Crippen LogP contribution in [0, 0.1) is 13.8 Å². The van der Waals surface area contributed by atoms with Gasteiger partial charge in [-0.3, -0.25) is 4.98 Å². The molecule has 0 bridgehead atoms. The fourth-order valence-electron chi connectivity index (χ4n) is 5.09. The van der Waals surface area contributed by atoms with E-state index >= 15 is 0 Å². The molecule has 6 nitrogen and oxygen atoms in total. The second-order valence-electron chi connectivity index (χ2n) is 9.59. The minimum atomic E-state index is -3.14. The maximum Gasteiger partial charge on any atom is 0.211 e. The van der Waals surface area contributed by atoms with Crippen LogP contribution >= 0.6 is 11.6 Å². The number of rotatable bonds is 7. The number of halogens is 1. The summed E-state index contributed by atoms with van der Waals surface area (Å²) in [6.07, 6.45) is 5.14. The third-order valence-corrected chi connectivity index (χ3v) is 8.63. The van der Waals surface area contributed by atoms with Gasteiger partial charge in [-0.1, -0.05) is 47.1 Å². The summed E-state index contributed by atoms with van der Waals surface area (Å²) >= 11 is 6.25. The maximum atomic E-state index is 11.9. The van der Waals surface area contributed by atoms with Crippen molar-refractivity contribution in [3.8, 4) is 0 Å². The van der Waals surface area contributed by atoms with Gasteiger partial charge in [0.15, 0.2) is 0 Å². The average molecular weight is 526 g/mol. The van der Waals surface area contributed by atoms with E-state index in [4.69, 9.17) is 11.6 Å². The lowest BCUT2D eigenvalue weighted by Crippen LogP contribution is -2.37. The Hall–Kier alpha value is -2.74. The molecule has 1 aromatic heterocycles. The largest absolute Gasteiger partial charge is 0.411 e. The van der Waals surface area contributed by atoms with Crippen LogP contribution in [-0.2, 0) is 10.0 Å². The smallest absolute Gasteiger partial charge is 0.211 e. The number of hydrogen-bond acceptors (Lipinski definition) is 5. The van der Waals surface area contributed by atoms with Crippen LogP contribution in [0.25, 0.3) is 0 Å². The number of nitrogens with zero attached hydrogens (tertiary/aromatic N) is 3. The molecule has 2 heterocycles. The van der Waals surface area contributed by atoms with Crippen LogP contribution in [0.1, 0.15) is 64.6 Å². The minimum absolute atomic E-state index is 0.0391. The van der Waals surface area contributed by atoms with Crippen molar-refractivity contribution >= 4 is 27.3 Å². The van der Waals surface area contributed by atoms with Gasteiger partial charge in [0.1, 0.15) is 0 Å². The lowest BCUT2D eigenvalue weighted by atomic mass is 9.82. The fourth-order valence-corrected chi connectivity index (χ4v) is 6.19. The third-order valence-electron chi connectivity index (χ3n) is 7.09. The van der Waals surface area contributed by atoms with E-state index in [1.807, 2.05) is 44.2 Å². The first kappa shape index (κ1) is 26.3. The summed E-state index contributed by atoms with van der Waals surface area (Å²) in [5.41, 5.74) is 6.84. The summed E-state index contributed by atoms with van der Waals surface area (Å²) in [6, 6.07) is 18.3. The van der Waals surface area contributed by atoms with Crippen molar-refractivity contribution < 1.29 is 13.6 Å². The van der Waals surface area contributed by atoms with Crippen LogP contribution in [0.4, 0.5) is 0 Å². The second-order valence-corrected chi connectivity index (χ2v) is 12.0. The van der Waals surface area contributed by atoms with Crippen molar-refractivity contribution in [1.29, 1.82) is 0 Å². The zero-order valence-electron chi connectivity index (χ0n) is 20.9. The van der Waals surface area contributed by atoms with Crippen molar-refractivity contribution in [2.75, 3.05) is 19.3 Å². The molecule has 1 aliphatic rings. The molecule has 8 heteroatoms. The third kappa shape index (κ3) is 6.14. The zero-order valence-corrected chi connectivity index (χ0v) is 22.4. The number of aromatic nitrogens is 1. The molecule has 2 aromatic carbocycles. The number of sulfonamides is 1. The van der Waals surface area contributed by atoms with Crippen LogP contribution in [0.5, 0.6) is 0 Å². The highest BCUT2D eigenvalue weighted by Crippen LogP contribution is 2.35. The van der Waals surface area contributed by atoms with Gasteiger partial charge >= 0.3 is 0 Å². The Bertz CT molecular complexity index is 1350. The first-order chi connectivity index (χ1) is 17.2. The summed E-state index contributed by atoms with van der Waals surface area (Å²) in [4.78, 5) is 4.26. The fraction of sp³-hybridized carbons (Fsp3) is 0.357. The molecule has 3 aromatic rings. The summed E-state index contributed by atoms with van der Waals surface area (Å²) in [6.45, 7) is 5.07. The van der Waals surface area contributed by atoms with E-state index in [1.165, 1.54) is 11.8 Å². The molecule has 0 aliphatic carbocycles. The molecule has 36 heavy (non-hydrogen) atoms. The topological polar surface area (TPSA) is 82.9 Å². The second kappa shape index (κ2) is 11.1. The Kier molecular flexibility index (Phi) is 8.13. The first-order valence-electron chi connectivity index (χ1n) is 12.1. The molecular weight excluding hydrogens is 494 g/mol. The number of aryl methyl sites for hydroxylation is 2. The van der Waals surface area contributed by atoms with Crippen molar-refractivity contribution in [3.05, 3.63) is 99.3 Å². The molecule has 1 fully saturated rings. The molecule has 1 unspecified atom stereocenters. The highest BCUT2D eigenvalue weighted by molar-refractivity contribution is 7.88. The predicted molar refractivity (Wildman–Crippen MR) is 145 cm³/mol. The molecule has 1 N–H and O–H groups in total.